The number of nitrogens with zero attached hydrogens (tertiary/aromatic N) is 1. The zero-order valence-electron chi connectivity index (χ0n) is 12.6. The van der Waals surface area contributed by atoms with Crippen LogP contribution in [0.25, 0.3) is 10.8 Å². The van der Waals surface area contributed by atoms with Crippen LogP contribution in [0, 0.1) is 0 Å². The van der Waals surface area contributed by atoms with Gasteiger partial charge < -0.3 is 9.47 Å². The fourth-order valence-corrected chi connectivity index (χ4v) is 5.03. The maximum absolute atomic E-state index is 13.0. The molecule has 2 heterocycles. The summed E-state index contributed by atoms with van der Waals surface area (Å²) >= 11 is 0. The number of hydrogen-bond donors (Lipinski definition) is 0. The fraction of sp³-hybridized carbons (Fsp3) is 0.111. The highest BCUT2D eigenvalue weighted by molar-refractivity contribution is 7.93. The van der Waals surface area contributed by atoms with Crippen molar-refractivity contribution in [1.82, 2.24) is 0 Å². The monoisotopic (exact) mass is 339 g/mol. The summed E-state index contributed by atoms with van der Waals surface area (Å²) in [5.41, 5.74) is 1.58. The van der Waals surface area contributed by atoms with Gasteiger partial charge >= 0.3 is 0 Å². The van der Waals surface area contributed by atoms with Crippen molar-refractivity contribution in [2.24, 2.45) is 0 Å². The molecular formula is C18H13NO4S. The molecule has 2 aliphatic rings. The maximum Gasteiger partial charge on any atom is 0.265 e. The third-order valence-corrected chi connectivity index (χ3v) is 6.25. The highest BCUT2D eigenvalue weighted by Crippen LogP contribution is 2.43. The molecule has 24 heavy (non-hydrogen) atoms. The Morgan fingerprint density at radius 2 is 1.75 bits per heavy atom. The van der Waals surface area contributed by atoms with Gasteiger partial charge in [-0.3, -0.25) is 4.31 Å². The van der Waals surface area contributed by atoms with Crippen molar-refractivity contribution in [3.8, 4) is 11.5 Å². The zero-order chi connectivity index (χ0) is 16.3. The Labute approximate surface area is 139 Å². The van der Waals surface area contributed by atoms with Crippen molar-refractivity contribution in [1.29, 1.82) is 0 Å². The third kappa shape index (κ3) is 1.77. The lowest BCUT2D eigenvalue weighted by Crippen LogP contribution is -2.26. The lowest BCUT2D eigenvalue weighted by atomic mass is 10.1. The van der Waals surface area contributed by atoms with Gasteiger partial charge in [0.1, 0.15) is 0 Å². The van der Waals surface area contributed by atoms with Crippen LogP contribution in [0.15, 0.2) is 59.5 Å². The minimum Gasteiger partial charge on any atom is -0.454 e. The van der Waals surface area contributed by atoms with Gasteiger partial charge in [-0.25, -0.2) is 8.42 Å². The van der Waals surface area contributed by atoms with Gasteiger partial charge in [0.25, 0.3) is 10.0 Å². The summed E-state index contributed by atoms with van der Waals surface area (Å²) in [6.07, 6.45) is 0. The van der Waals surface area contributed by atoms with E-state index in [9.17, 15) is 8.42 Å². The molecule has 0 N–H and O–H groups in total. The molecule has 0 amide bonds. The Morgan fingerprint density at radius 1 is 0.958 bits per heavy atom. The smallest absolute Gasteiger partial charge is 0.265 e. The average Bonchev–Trinajstić information content (AvgIpc) is 3.13. The lowest BCUT2D eigenvalue weighted by molar-refractivity contribution is 0.174. The van der Waals surface area contributed by atoms with E-state index in [0.717, 1.165) is 22.0 Å². The van der Waals surface area contributed by atoms with Gasteiger partial charge in [-0.1, -0.05) is 30.3 Å². The Bertz CT molecular complexity index is 1090. The SMILES string of the molecule is O=S1(=O)c2cccc3cccc(c23)N1Cc1ccc2c(c1)OCO2. The Kier molecular flexibility index (Phi) is 2.65. The molecule has 0 aliphatic carbocycles. The Morgan fingerprint density at radius 3 is 2.62 bits per heavy atom. The summed E-state index contributed by atoms with van der Waals surface area (Å²) in [6, 6.07) is 16.6. The van der Waals surface area contributed by atoms with E-state index in [2.05, 4.69) is 0 Å². The fourth-order valence-electron chi connectivity index (χ4n) is 3.33. The molecule has 0 saturated heterocycles. The van der Waals surface area contributed by atoms with E-state index in [1.807, 2.05) is 42.5 Å². The van der Waals surface area contributed by atoms with Crippen LogP contribution >= 0.6 is 0 Å². The lowest BCUT2D eigenvalue weighted by Gasteiger charge is -2.19. The summed E-state index contributed by atoms with van der Waals surface area (Å²) < 4.78 is 38.1. The molecule has 120 valence electrons. The van der Waals surface area contributed by atoms with E-state index < -0.39 is 10.0 Å². The first kappa shape index (κ1) is 13.7. The summed E-state index contributed by atoms with van der Waals surface area (Å²) in [7, 11) is -3.55. The van der Waals surface area contributed by atoms with Gasteiger partial charge in [-0.05, 0) is 35.2 Å². The number of ether oxygens (including phenoxy) is 2. The number of hydrogen-bond acceptors (Lipinski definition) is 4. The molecule has 3 aromatic carbocycles. The predicted molar refractivity (Wildman–Crippen MR) is 89.9 cm³/mol. The van der Waals surface area contributed by atoms with Crippen LogP contribution in [0.4, 0.5) is 5.69 Å². The molecule has 5 rings (SSSR count). The number of anilines is 1. The van der Waals surface area contributed by atoms with Gasteiger partial charge in [-0.2, -0.15) is 0 Å². The quantitative estimate of drug-likeness (QED) is 0.719. The Balaban J connectivity index is 1.64. The maximum atomic E-state index is 13.0. The van der Waals surface area contributed by atoms with Crippen molar-refractivity contribution in [2.75, 3.05) is 11.1 Å². The first-order chi connectivity index (χ1) is 11.6. The van der Waals surface area contributed by atoms with Crippen molar-refractivity contribution >= 4 is 26.5 Å². The van der Waals surface area contributed by atoms with E-state index >= 15 is 0 Å². The largest absolute Gasteiger partial charge is 0.454 e. The second-order valence-electron chi connectivity index (χ2n) is 5.83. The van der Waals surface area contributed by atoms with Crippen LogP contribution in [0.1, 0.15) is 5.56 Å². The highest BCUT2D eigenvalue weighted by Gasteiger charge is 2.35. The average molecular weight is 339 g/mol. The van der Waals surface area contributed by atoms with Crippen LogP contribution in [-0.2, 0) is 16.6 Å². The number of sulfonamides is 1. The van der Waals surface area contributed by atoms with Gasteiger partial charge in [0.05, 0.1) is 17.1 Å². The van der Waals surface area contributed by atoms with Crippen LogP contribution < -0.4 is 13.8 Å². The van der Waals surface area contributed by atoms with Crippen LogP contribution in [0.2, 0.25) is 0 Å². The molecule has 3 aromatic rings. The molecule has 0 spiro atoms. The van der Waals surface area contributed by atoms with Gasteiger partial charge in [0.2, 0.25) is 6.79 Å². The molecule has 0 fully saturated rings. The molecule has 2 aliphatic heterocycles. The first-order valence-electron chi connectivity index (χ1n) is 7.58. The van der Waals surface area contributed by atoms with Crippen molar-refractivity contribution in [2.45, 2.75) is 11.4 Å². The molecule has 0 aromatic heterocycles. The molecule has 0 atom stereocenters. The highest BCUT2D eigenvalue weighted by atomic mass is 32.2. The van der Waals surface area contributed by atoms with E-state index in [4.69, 9.17) is 9.47 Å². The number of benzene rings is 3. The van der Waals surface area contributed by atoms with Crippen LogP contribution in [0.3, 0.4) is 0 Å². The summed E-state index contributed by atoms with van der Waals surface area (Å²) in [5.74, 6) is 1.34. The molecule has 0 saturated carbocycles. The molecule has 0 bridgehead atoms. The predicted octanol–water partition coefficient (Wildman–Crippen LogP) is 3.28. The molecule has 0 radical (unpaired) electrons. The van der Waals surface area contributed by atoms with Gasteiger partial charge in [-0.15, -0.1) is 0 Å². The van der Waals surface area contributed by atoms with E-state index in [-0.39, 0.29) is 13.3 Å². The Hall–Kier alpha value is -2.73. The van der Waals surface area contributed by atoms with E-state index in [1.54, 1.807) is 12.1 Å². The molecular weight excluding hydrogens is 326 g/mol. The van der Waals surface area contributed by atoms with Gasteiger partial charge in [0, 0.05) is 5.39 Å². The van der Waals surface area contributed by atoms with E-state index in [1.165, 1.54) is 4.31 Å². The topological polar surface area (TPSA) is 55.8 Å². The molecule has 5 nitrogen and oxygen atoms in total. The number of fused-ring (bicyclic) bond motifs is 1. The number of rotatable bonds is 2. The van der Waals surface area contributed by atoms with Crippen molar-refractivity contribution in [3.05, 3.63) is 60.2 Å². The van der Waals surface area contributed by atoms with Crippen LogP contribution in [-0.4, -0.2) is 15.2 Å². The third-order valence-electron chi connectivity index (χ3n) is 4.44. The minimum atomic E-state index is -3.55. The van der Waals surface area contributed by atoms with Gasteiger partial charge in [0.15, 0.2) is 11.5 Å². The summed E-state index contributed by atoms with van der Waals surface area (Å²) in [4.78, 5) is 0.372. The van der Waals surface area contributed by atoms with Crippen LogP contribution in [0.5, 0.6) is 11.5 Å². The van der Waals surface area contributed by atoms with Crippen molar-refractivity contribution < 1.29 is 17.9 Å². The summed E-state index contributed by atoms with van der Waals surface area (Å²) in [6.45, 7) is 0.457. The summed E-state index contributed by atoms with van der Waals surface area (Å²) in [5, 5.41) is 1.72. The minimum absolute atomic E-state index is 0.200. The normalized spacial score (nSPS) is 16.8. The molecule has 0 unspecified atom stereocenters. The van der Waals surface area contributed by atoms with E-state index in [0.29, 0.717) is 16.4 Å². The second kappa shape index (κ2) is 4.64. The second-order valence-corrected chi connectivity index (χ2v) is 7.66. The molecule has 6 heteroatoms. The van der Waals surface area contributed by atoms with Crippen molar-refractivity contribution in [3.63, 3.8) is 0 Å². The first-order valence-corrected chi connectivity index (χ1v) is 9.02. The zero-order valence-corrected chi connectivity index (χ0v) is 13.4. The standard InChI is InChI=1S/C18H13NO4S/c20-24(21)17-6-2-4-13-3-1-5-14(18(13)17)19(24)10-12-7-8-15-16(9-12)23-11-22-15/h1-9H,10-11H2.